The molecule has 184 valence electrons. The number of hydrogen-bond acceptors (Lipinski definition) is 5. The maximum absolute atomic E-state index is 13.1. The van der Waals surface area contributed by atoms with Crippen LogP contribution in [0.4, 0.5) is 5.69 Å². The van der Waals surface area contributed by atoms with Gasteiger partial charge in [0.1, 0.15) is 0 Å². The van der Waals surface area contributed by atoms with Crippen LogP contribution < -0.4 is 4.72 Å². The van der Waals surface area contributed by atoms with Gasteiger partial charge in [0.25, 0.3) is 15.9 Å². The van der Waals surface area contributed by atoms with E-state index < -0.39 is 10.0 Å². The molecule has 1 aliphatic heterocycles. The number of aromatic nitrogens is 1. The second kappa shape index (κ2) is 11.5. The van der Waals surface area contributed by atoms with E-state index in [0.29, 0.717) is 24.3 Å². The van der Waals surface area contributed by atoms with Gasteiger partial charge in [0.05, 0.1) is 4.90 Å². The third-order valence-corrected chi connectivity index (χ3v) is 7.58. The summed E-state index contributed by atoms with van der Waals surface area (Å²) in [6, 6.07) is 17.7. The number of rotatable bonds is 9. The Morgan fingerprint density at radius 1 is 0.971 bits per heavy atom. The lowest BCUT2D eigenvalue weighted by atomic mass is 10.1. The Kier molecular flexibility index (Phi) is 8.15. The quantitative estimate of drug-likeness (QED) is 0.485. The van der Waals surface area contributed by atoms with Crippen molar-refractivity contribution in [1.82, 2.24) is 14.8 Å². The Balaban J connectivity index is 1.37. The molecule has 1 N–H and O–H groups in total. The van der Waals surface area contributed by atoms with Crippen molar-refractivity contribution >= 4 is 21.6 Å². The fraction of sp³-hybridized carbons (Fsp3) is 0.333. The maximum Gasteiger partial charge on any atom is 0.261 e. The first-order valence-corrected chi connectivity index (χ1v) is 13.6. The van der Waals surface area contributed by atoms with E-state index in [1.165, 1.54) is 17.7 Å². The van der Waals surface area contributed by atoms with Gasteiger partial charge in [-0.3, -0.25) is 19.4 Å². The molecule has 2 heterocycles. The molecule has 0 radical (unpaired) electrons. The molecule has 7 nitrogen and oxygen atoms in total. The van der Waals surface area contributed by atoms with Gasteiger partial charge in [0.15, 0.2) is 0 Å². The highest BCUT2D eigenvalue weighted by Crippen LogP contribution is 2.20. The molecule has 4 rings (SSSR count). The van der Waals surface area contributed by atoms with E-state index in [2.05, 4.69) is 21.5 Å². The first-order chi connectivity index (χ1) is 16.9. The number of carbonyl (C=O) groups is 1. The molecule has 8 heteroatoms. The lowest BCUT2D eigenvalue weighted by Crippen LogP contribution is -2.48. The van der Waals surface area contributed by atoms with Crippen molar-refractivity contribution < 1.29 is 13.2 Å². The van der Waals surface area contributed by atoms with Gasteiger partial charge in [-0.2, -0.15) is 0 Å². The first kappa shape index (κ1) is 24.9. The highest BCUT2D eigenvalue weighted by molar-refractivity contribution is 7.92. The number of hydrogen-bond donors (Lipinski definition) is 1. The number of benzene rings is 2. The monoisotopic (exact) mass is 492 g/mol. The summed E-state index contributed by atoms with van der Waals surface area (Å²) < 4.78 is 28.6. The second-order valence-corrected chi connectivity index (χ2v) is 10.5. The third kappa shape index (κ3) is 6.68. The number of nitrogens with zero attached hydrogens (tertiary/aromatic N) is 3. The van der Waals surface area contributed by atoms with Crippen LogP contribution in [-0.2, 0) is 23.0 Å². The van der Waals surface area contributed by atoms with Crippen LogP contribution >= 0.6 is 0 Å². The zero-order valence-corrected chi connectivity index (χ0v) is 20.9. The van der Waals surface area contributed by atoms with Crippen LogP contribution in [0, 0.1) is 0 Å². The largest absolute Gasteiger partial charge is 0.336 e. The van der Waals surface area contributed by atoms with Gasteiger partial charge in [-0.15, -0.1) is 0 Å². The van der Waals surface area contributed by atoms with Gasteiger partial charge in [0, 0.05) is 56.4 Å². The van der Waals surface area contributed by atoms with Crippen LogP contribution in [0.1, 0.15) is 41.3 Å². The topological polar surface area (TPSA) is 82.6 Å². The fourth-order valence-electron chi connectivity index (χ4n) is 4.17. The summed E-state index contributed by atoms with van der Waals surface area (Å²) in [5.41, 5.74) is 3.21. The standard InChI is InChI=1S/C27H32N4O3S/c1-2-3-6-22-10-12-25(13-11-22)29-35(33,34)26-9-4-8-24(19-26)27(32)31-17-15-30(16-18-31)21-23-7-5-14-28-20-23/h4-5,7-14,19-20,29H,2-3,6,15-18,21H2,1H3. The van der Waals surface area contributed by atoms with Crippen LogP contribution in [0.15, 0.2) is 78.0 Å². The molecule has 1 amide bonds. The summed E-state index contributed by atoms with van der Waals surface area (Å²) in [7, 11) is -3.81. The lowest BCUT2D eigenvalue weighted by molar-refractivity contribution is 0.0628. The molecule has 0 bridgehead atoms. The third-order valence-electron chi connectivity index (χ3n) is 6.20. The van der Waals surface area contributed by atoms with E-state index in [0.717, 1.165) is 44.5 Å². The minimum Gasteiger partial charge on any atom is -0.336 e. The number of aryl methyl sites for hydroxylation is 1. The van der Waals surface area contributed by atoms with Crippen molar-refractivity contribution in [2.75, 3.05) is 30.9 Å². The summed E-state index contributed by atoms with van der Waals surface area (Å²) in [4.78, 5) is 21.4. The number of unbranched alkanes of at least 4 members (excludes halogenated alkanes) is 1. The molecular weight excluding hydrogens is 460 g/mol. The van der Waals surface area contributed by atoms with Crippen molar-refractivity contribution in [2.24, 2.45) is 0 Å². The number of pyridine rings is 1. The lowest BCUT2D eigenvalue weighted by Gasteiger charge is -2.34. The average Bonchev–Trinajstić information content (AvgIpc) is 2.89. The summed E-state index contributed by atoms with van der Waals surface area (Å²) in [6.07, 6.45) is 6.81. The normalized spacial score (nSPS) is 14.6. The van der Waals surface area contributed by atoms with E-state index in [1.807, 2.05) is 30.5 Å². The smallest absolute Gasteiger partial charge is 0.261 e. The average molecular weight is 493 g/mol. The molecular formula is C27H32N4O3S. The Bertz CT molecular complexity index is 1220. The molecule has 0 saturated carbocycles. The predicted octanol–water partition coefficient (Wildman–Crippen LogP) is 4.18. The summed E-state index contributed by atoms with van der Waals surface area (Å²) in [6.45, 7) is 5.65. The summed E-state index contributed by atoms with van der Waals surface area (Å²) in [5.74, 6) is -0.150. The Morgan fingerprint density at radius 3 is 2.43 bits per heavy atom. The van der Waals surface area contributed by atoms with Crippen LogP contribution in [0.3, 0.4) is 0 Å². The van der Waals surface area contributed by atoms with Crippen molar-refractivity contribution in [3.63, 3.8) is 0 Å². The number of carbonyl (C=O) groups excluding carboxylic acids is 1. The Morgan fingerprint density at radius 2 is 1.74 bits per heavy atom. The van der Waals surface area contributed by atoms with Crippen molar-refractivity contribution in [2.45, 2.75) is 37.6 Å². The molecule has 0 spiro atoms. The number of anilines is 1. The molecule has 2 aromatic carbocycles. The molecule has 0 aliphatic carbocycles. The van der Waals surface area contributed by atoms with Gasteiger partial charge in [-0.1, -0.05) is 37.6 Å². The molecule has 1 aromatic heterocycles. The van der Waals surface area contributed by atoms with Gasteiger partial charge in [-0.25, -0.2) is 8.42 Å². The maximum atomic E-state index is 13.1. The van der Waals surface area contributed by atoms with Crippen molar-refractivity contribution in [1.29, 1.82) is 0 Å². The molecule has 1 fully saturated rings. The zero-order valence-electron chi connectivity index (χ0n) is 20.1. The van der Waals surface area contributed by atoms with Crippen molar-refractivity contribution in [3.05, 3.63) is 89.7 Å². The van der Waals surface area contributed by atoms with Gasteiger partial charge in [0.2, 0.25) is 0 Å². The van der Waals surface area contributed by atoms with Crippen molar-refractivity contribution in [3.8, 4) is 0 Å². The minimum absolute atomic E-state index is 0.0774. The zero-order chi connectivity index (χ0) is 24.7. The van der Waals surface area contributed by atoms with E-state index in [1.54, 1.807) is 35.4 Å². The van der Waals surface area contributed by atoms with E-state index in [9.17, 15) is 13.2 Å². The number of sulfonamides is 1. The number of nitrogens with one attached hydrogen (secondary N) is 1. The van der Waals surface area contributed by atoms with Crippen LogP contribution in [0.25, 0.3) is 0 Å². The predicted molar refractivity (Wildman–Crippen MR) is 138 cm³/mol. The second-order valence-electron chi connectivity index (χ2n) is 8.86. The number of piperazine rings is 1. The molecule has 0 atom stereocenters. The SMILES string of the molecule is CCCCc1ccc(NS(=O)(=O)c2cccc(C(=O)N3CCN(Cc4cccnc4)CC3)c2)cc1. The molecule has 3 aromatic rings. The fourth-order valence-corrected chi connectivity index (χ4v) is 5.28. The first-order valence-electron chi connectivity index (χ1n) is 12.1. The Labute approximate surface area is 207 Å². The summed E-state index contributed by atoms with van der Waals surface area (Å²) >= 11 is 0. The van der Waals surface area contributed by atoms with E-state index in [-0.39, 0.29) is 10.8 Å². The van der Waals surface area contributed by atoms with Gasteiger partial charge < -0.3 is 4.90 Å². The minimum atomic E-state index is -3.81. The van der Waals surface area contributed by atoms with E-state index >= 15 is 0 Å². The van der Waals surface area contributed by atoms with Crippen LogP contribution in [0.5, 0.6) is 0 Å². The highest BCUT2D eigenvalue weighted by Gasteiger charge is 2.24. The number of amides is 1. The van der Waals surface area contributed by atoms with Crippen LogP contribution in [-0.4, -0.2) is 55.3 Å². The molecule has 1 saturated heterocycles. The van der Waals surface area contributed by atoms with Gasteiger partial charge >= 0.3 is 0 Å². The van der Waals surface area contributed by atoms with Crippen LogP contribution in [0.2, 0.25) is 0 Å². The molecule has 1 aliphatic rings. The summed E-state index contributed by atoms with van der Waals surface area (Å²) in [5, 5.41) is 0. The van der Waals surface area contributed by atoms with E-state index in [4.69, 9.17) is 0 Å². The molecule has 35 heavy (non-hydrogen) atoms. The Hall–Kier alpha value is -3.23. The highest BCUT2D eigenvalue weighted by atomic mass is 32.2. The molecule has 0 unspecified atom stereocenters. The van der Waals surface area contributed by atoms with Gasteiger partial charge in [-0.05, 0) is 60.4 Å².